The summed E-state index contributed by atoms with van der Waals surface area (Å²) < 4.78 is 0. The topological polar surface area (TPSA) is 52.7 Å². The zero-order chi connectivity index (χ0) is 19.3. The lowest BCUT2D eigenvalue weighted by Gasteiger charge is -2.30. The number of hydrogen-bond acceptors (Lipinski definition) is 3. The predicted molar refractivity (Wildman–Crippen MR) is 112 cm³/mol. The lowest BCUT2D eigenvalue weighted by atomic mass is 10.1. The molecule has 0 radical (unpaired) electrons. The summed E-state index contributed by atoms with van der Waals surface area (Å²) in [5, 5.41) is 3.08. The minimum Gasteiger partial charge on any atom is -0.370 e. The molecule has 28 heavy (non-hydrogen) atoms. The summed E-state index contributed by atoms with van der Waals surface area (Å²) in [4.78, 5) is 28.8. The van der Waals surface area contributed by atoms with E-state index in [4.69, 9.17) is 0 Å². The normalized spacial score (nSPS) is 17.1. The minimum absolute atomic E-state index is 0.103. The quantitative estimate of drug-likeness (QED) is 0.855. The van der Waals surface area contributed by atoms with Crippen LogP contribution in [0, 0.1) is 0 Å². The Bertz CT molecular complexity index is 841. The molecule has 0 aromatic heterocycles. The average Bonchev–Trinajstić information content (AvgIpc) is 3.14. The number of benzene rings is 2. The van der Waals surface area contributed by atoms with Gasteiger partial charge in [0, 0.05) is 38.2 Å². The lowest BCUT2D eigenvalue weighted by molar-refractivity contribution is -0.128. The molecule has 4 rings (SSSR count). The van der Waals surface area contributed by atoms with Gasteiger partial charge in [0.25, 0.3) is 5.91 Å². The highest BCUT2D eigenvalue weighted by molar-refractivity contribution is 6.06. The van der Waals surface area contributed by atoms with Crippen molar-refractivity contribution in [1.29, 1.82) is 0 Å². The second-order valence-electron chi connectivity index (χ2n) is 7.63. The van der Waals surface area contributed by atoms with Crippen LogP contribution in [0.5, 0.6) is 0 Å². The zero-order valence-corrected chi connectivity index (χ0v) is 16.2. The van der Waals surface area contributed by atoms with E-state index in [0.717, 1.165) is 43.0 Å². The highest BCUT2D eigenvalue weighted by Gasteiger charge is 2.20. The van der Waals surface area contributed by atoms with E-state index in [2.05, 4.69) is 16.3 Å². The molecule has 2 aliphatic heterocycles. The largest absolute Gasteiger partial charge is 0.370 e. The lowest BCUT2D eigenvalue weighted by Crippen LogP contribution is -2.30. The molecule has 5 nitrogen and oxygen atoms in total. The number of anilines is 2. The van der Waals surface area contributed by atoms with Gasteiger partial charge in [-0.05, 0) is 55.5 Å². The van der Waals surface area contributed by atoms with Gasteiger partial charge < -0.3 is 15.1 Å². The van der Waals surface area contributed by atoms with Crippen molar-refractivity contribution in [3.8, 4) is 0 Å². The fourth-order valence-corrected chi connectivity index (χ4v) is 4.04. The van der Waals surface area contributed by atoms with E-state index in [-0.39, 0.29) is 11.8 Å². The molecule has 2 amide bonds. The van der Waals surface area contributed by atoms with Crippen molar-refractivity contribution < 1.29 is 9.59 Å². The number of piperidine rings is 1. The summed E-state index contributed by atoms with van der Waals surface area (Å²) in [6, 6.07) is 15.6. The van der Waals surface area contributed by atoms with E-state index in [1.807, 2.05) is 47.4 Å². The van der Waals surface area contributed by atoms with Crippen molar-refractivity contribution in [2.24, 2.45) is 0 Å². The molecule has 2 saturated heterocycles. The van der Waals surface area contributed by atoms with Gasteiger partial charge in [-0.15, -0.1) is 0 Å². The maximum Gasteiger partial charge on any atom is 0.255 e. The van der Waals surface area contributed by atoms with E-state index >= 15 is 0 Å². The van der Waals surface area contributed by atoms with E-state index in [1.54, 1.807) is 0 Å². The molecule has 2 fully saturated rings. The minimum atomic E-state index is -0.103. The standard InChI is InChI=1S/C23H27N3O2/c27-22-9-6-16-26(22)17-18-10-12-19(13-11-18)23(28)24-20-7-2-3-8-21(20)25-14-4-1-5-15-25/h2-3,7-8,10-13H,1,4-6,9,14-17H2,(H,24,28). The summed E-state index contributed by atoms with van der Waals surface area (Å²) in [6.45, 7) is 3.53. The third-order valence-electron chi connectivity index (χ3n) is 5.61. The summed E-state index contributed by atoms with van der Waals surface area (Å²) in [5.41, 5.74) is 3.64. The van der Waals surface area contributed by atoms with E-state index in [0.29, 0.717) is 18.5 Å². The summed E-state index contributed by atoms with van der Waals surface area (Å²) >= 11 is 0. The van der Waals surface area contributed by atoms with Gasteiger partial charge in [-0.1, -0.05) is 24.3 Å². The number of carbonyl (C=O) groups is 2. The van der Waals surface area contributed by atoms with E-state index in [9.17, 15) is 9.59 Å². The Kier molecular flexibility index (Phi) is 5.60. The fourth-order valence-electron chi connectivity index (χ4n) is 4.04. The van der Waals surface area contributed by atoms with Gasteiger partial charge in [0.1, 0.15) is 0 Å². The maximum absolute atomic E-state index is 12.8. The Hall–Kier alpha value is -2.82. The van der Waals surface area contributed by atoms with Gasteiger partial charge in [0.2, 0.25) is 5.91 Å². The molecule has 0 aliphatic carbocycles. The number of amides is 2. The van der Waals surface area contributed by atoms with Crippen molar-refractivity contribution in [2.75, 3.05) is 29.9 Å². The monoisotopic (exact) mass is 377 g/mol. The van der Waals surface area contributed by atoms with Gasteiger partial charge in [-0.3, -0.25) is 9.59 Å². The van der Waals surface area contributed by atoms with E-state index in [1.165, 1.54) is 19.3 Å². The Labute approximate surface area is 166 Å². The predicted octanol–water partition coefficient (Wildman–Crippen LogP) is 4.05. The third kappa shape index (κ3) is 4.19. The molecule has 0 unspecified atom stereocenters. The number of carbonyl (C=O) groups excluding carboxylic acids is 2. The number of likely N-dealkylation sites (tertiary alicyclic amines) is 1. The molecule has 1 N–H and O–H groups in total. The van der Waals surface area contributed by atoms with Gasteiger partial charge >= 0.3 is 0 Å². The number of hydrogen-bond donors (Lipinski definition) is 1. The van der Waals surface area contributed by atoms with Crippen LogP contribution in [0.2, 0.25) is 0 Å². The summed E-state index contributed by atoms with van der Waals surface area (Å²) in [5.74, 6) is 0.115. The summed E-state index contributed by atoms with van der Waals surface area (Å²) in [7, 11) is 0. The number of para-hydroxylation sites is 2. The smallest absolute Gasteiger partial charge is 0.255 e. The van der Waals surface area contributed by atoms with Crippen LogP contribution in [-0.2, 0) is 11.3 Å². The van der Waals surface area contributed by atoms with Crippen molar-refractivity contribution in [3.05, 3.63) is 59.7 Å². The zero-order valence-electron chi connectivity index (χ0n) is 16.2. The molecule has 0 saturated carbocycles. The van der Waals surface area contributed by atoms with Crippen LogP contribution in [-0.4, -0.2) is 36.3 Å². The molecule has 0 spiro atoms. The van der Waals surface area contributed by atoms with Crippen molar-refractivity contribution in [3.63, 3.8) is 0 Å². The first-order valence-electron chi connectivity index (χ1n) is 10.2. The molecule has 146 valence electrons. The second kappa shape index (κ2) is 8.46. The molecular formula is C23H27N3O2. The van der Waals surface area contributed by atoms with Crippen LogP contribution >= 0.6 is 0 Å². The van der Waals surface area contributed by atoms with Crippen molar-refractivity contribution in [2.45, 2.75) is 38.6 Å². The SMILES string of the molecule is O=C(Nc1ccccc1N1CCCCC1)c1ccc(CN2CCCC2=O)cc1. The van der Waals surface area contributed by atoms with Crippen molar-refractivity contribution in [1.82, 2.24) is 4.90 Å². The van der Waals surface area contributed by atoms with Gasteiger partial charge in [0.05, 0.1) is 11.4 Å². The van der Waals surface area contributed by atoms with Crippen LogP contribution < -0.4 is 10.2 Å². The van der Waals surface area contributed by atoms with Gasteiger partial charge in [-0.25, -0.2) is 0 Å². The Morgan fingerprint density at radius 2 is 1.64 bits per heavy atom. The first kappa shape index (κ1) is 18.5. The average molecular weight is 377 g/mol. The third-order valence-corrected chi connectivity index (χ3v) is 5.61. The highest BCUT2D eigenvalue weighted by Crippen LogP contribution is 2.28. The highest BCUT2D eigenvalue weighted by atomic mass is 16.2. The number of nitrogens with one attached hydrogen (secondary N) is 1. The number of nitrogens with zero attached hydrogens (tertiary/aromatic N) is 2. The number of rotatable bonds is 5. The first-order chi connectivity index (χ1) is 13.7. The molecule has 2 aliphatic rings. The Morgan fingerprint density at radius 1 is 0.893 bits per heavy atom. The molecule has 2 heterocycles. The summed E-state index contributed by atoms with van der Waals surface area (Å²) in [6.07, 6.45) is 5.26. The molecule has 0 bridgehead atoms. The molecular weight excluding hydrogens is 350 g/mol. The van der Waals surface area contributed by atoms with Crippen LogP contribution in [0.25, 0.3) is 0 Å². The maximum atomic E-state index is 12.8. The van der Waals surface area contributed by atoms with Crippen molar-refractivity contribution >= 4 is 23.2 Å². The second-order valence-corrected chi connectivity index (χ2v) is 7.63. The van der Waals surface area contributed by atoms with Crippen LogP contribution in [0.4, 0.5) is 11.4 Å². The fraction of sp³-hybridized carbons (Fsp3) is 0.391. The van der Waals surface area contributed by atoms with Crippen LogP contribution in [0.15, 0.2) is 48.5 Å². The molecule has 2 aromatic carbocycles. The first-order valence-corrected chi connectivity index (χ1v) is 10.2. The Morgan fingerprint density at radius 3 is 2.36 bits per heavy atom. The van der Waals surface area contributed by atoms with Crippen LogP contribution in [0.3, 0.4) is 0 Å². The van der Waals surface area contributed by atoms with Gasteiger partial charge in [0.15, 0.2) is 0 Å². The molecule has 0 atom stereocenters. The van der Waals surface area contributed by atoms with Gasteiger partial charge in [-0.2, -0.15) is 0 Å². The van der Waals surface area contributed by atoms with E-state index < -0.39 is 0 Å². The molecule has 2 aromatic rings. The molecule has 5 heteroatoms. The van der Waals surface area contributed by atoms with Crippen LogP contribution in [0.1, 0.15) is 48.0 Å². The Balaban J connectivity index is 1.43.